The lowest BCUT2D eigenvalue weighted by Crippen LogP contribution is -2.45. The highest BCUT2D eigenvalue weighted by Gasteiger charge is 2.36. The van der Waals surface area contributed by atoms with Gasteiger partial charge in [-0.15, -0.1) is 0 Å². The van der Waals surface area contributed by atoms with E-state index in [9.17, 15) is 18.0 Å². The van der Waals surface area contributed by atoms with E-state index < -0.39 is 23.3 Å². The van der Waals surface area contributed by atoms with Crippen LogP contribution in [0.1, 0.15) is 52.8 Å². The van der Waals surface area contributed by atoms with Crippen LogP contribution in [0, 0.1) is 6.92 Å². The van der Waals surface area contributed by atoms with Crippen LogP contribution in [0.5, 0.6) is 0 Å². The average molecular weight is 388 g/mol. The monoisotopic (exact) mass is 388 g/mol. The van der Waals surface area contributed by atoms with Gasteiger partial charge in [0, 0.05) is 5.69 Å². The highest BCUT2D eigenvalue weighted by atomic mass is 19.4. The normalized spacial score (nSPS) is 19.5. The third-order valence-electron chi connectivity index (χ3n) is 5.32. The number of imidazole rings is 1. The molecule has 0 aliphatic heterocycles. The number of aryl methyl sites for hydroxylation is 2. The first kappa shape index (κ1) is 18.5. The highest BCUT2D eigenvalue weighted by molar-refractivity contribution is 5.98. The SMILES string of the molecule is Cc1cc(C(F)(F)F)nc2c(C(=O)NC3(C)CCCc4ccccc43)ncn12. The smallest absolute Gasteiger partial charge is 0.341 e. The van der Waals surface area contributed by atoms with Crippen LogP contribution in [0.25, 0.3) is 5.65 Å². The number of hydrogen-bond acceptors (Lipinski definition) is 3. The van der Waals surface area contributed by atoms with Gasteiger partial charge in [0.2, 0.25) is 0 Å². The standard InChI is InChI=1S/C20H19F3N4O/c1-12-10-15(20(21,22)23)25-17-16(24-11-27(12)17)18(28)26-19(2)9-5-7-13-6-3-4-8-14(13)19/h3-4,6,8,10-11H,5,7,9H2,1-2H3,(H,26,28). The van der Waals surface area contributed by atoms with Gasteiger partial charge in [0.25, 0.3) is 5.91 Å². The molecule has 1 amide bonds. The number of amides is 1. The fourth-order valence-corrected chi connectivity index (χ4v) is 3.91. The van der Waals surface area contributed by atoms with E-state index in [1.807, 2.05) is 31.2 Å². The quantitative estimate of drug-likeness (QED) is 0.721. The lowest BCUT2D eigenvalue weighted by atomic mass is 9.77. The highest BCUT2D eigenvalue weighted by Crippen LogP contribution is 2.35. The molecule has 1 atom stereocenters. The molecule has 0 bridgehead atoms. The molecular formula is C20H19F3N4O. The van der Waals surface area contributed by atoms with E-state index in [4.69, 9.17) is 0 Å². The van der Waals surface area contributed by atoms with Crippen LogP contribution in [0.2, 0.25) is 0 Å². The topological polar surface area (TPSA) is 59.3 Å². The maximum Gasteiger partial charge on any atom is 0.433 e. The zero-order valence-corrected chi connectivity index (χ0v) is 15.5. The summed E-state index contributed by atoms with van der Waals surface area (Å²) in [4.78, 5) is 20.7. The van der Waals surface area contributed by atoms with Crippen LogP contribution in [-0.4, -0.2) is 20.3 Å². The summed E-state index contributed by atoms with van der Waals surface area (Å²) in [5.74, 6) is -0.534. The summed E-state index contributed by atoms with van der Waals surface area (Å²) in [6, 6.07) is 8.83. The third-order valence-corrected chi connectivity index (χ3v) is 5.32. The van der Waals surface area contributed by atoms with Crippen molar-refractivity contribution in [2.75, 3.05) is 0 Å². The molecule has 1 aromatic carbocycles. The lowest BCUT2D eigenvalue weighted by Gasteiger charge is -2.36. The van der Waals surface area contributed by atoms with Gasteiger partial charge >= 0.3 is 6.18 Å². The van der Waals surface area contributed by atoms with Crippen molar-refractivity contribution < 1.29 is 18.0 Å². The van der Waals surface area contributed by atoms with Crippen molar-refractivity contribution in [2.45, 2.75) is 44.8 Å². The second-order valence-electron chi connectivity index (χ2n) is 7.36. The van der Waals surface area contributed by atoms with Crippen LogP contribution in [0.15, 0.2) is 36.7 Å². The Kier molecular flexibility index (Phi) is 4.17. The number of aromatic nitrogens is 3. The molecule has 3 aromatic rings. The molecule has 2 heterocycles. The fraction of sp³-hybridized carbons (Fsp3) is 0.350. The summed E-state index contributed by atoms with van der Waals surface area (Å²) in [5, 5.41) is 2.99. The van der Waals surface area contributed by atoms with E-state index in [1.54, 1.807) is 0 Å². The molecule has 146 valence electrons. The van der Waals surface area contributed by atoms with Gasteiger partial charge in [-0.25, -0.2) is 9.97 Å². The first-order valence-electron chi connectivity index (χ1n) is 9.02. The van der Waals surface area contributed by atoms with Gasteiger partial charge in [0.1, 0.15) is 12.0 Å². The number of alkyl halides is 3. The van der Waals surface area contributed by atoms with Gasteiger partial charge in [-0.3, -0.25) is 9.20 Å². The van der Waals surface area contributed by atoms with Gasteiger partial charge in [-0.2, -0.15) is 13.2 Å². The van der Waals surface area contributed by atoms with Gasteiger partial charge in [0.15, 0.2) is 11.3 Å². The molecule has 1 unspecified atom stereocenters. The van der Waals surface area contributed by atoms with Crippen LogP contribution >= 0.6 is 0 Å². The summed E-state index contributed by atoms with van der Waals surface area (Å²) in [6.07, 6.45) is -0.692. The Labute approximate surface area is 159 Å². The molecule has 0 radical (unpaired) electrons. The second-order valence-corrected chi connectivity index (χ2v) is 7.36. The zero-order valence-electron chi connectivity index (χ0n) is 15.5. The van der Waals surface area contributed by atoms with E-state index >= 15 is 0 Å². The summed E-state index contributed by atoms with van der Waals surface area (Å²) in [5.41, 5.74) is 0.631. The molecule has 1 N–H and O–H groups in total. The Balaban J connectivity index is 1.74. The fourth-order valence-electron chi connectivity index (χ4n) is 3.91. The van der Waals surface area contributed by atoms with Gasteiger partial charge in [-0.05, 0) is 50.3 Å². The summed E-state index contributed by atoms with van der Waals surface area (Å²) >= 11 is 0. The minimum absolute atomic E-state index is 0.0995. The zero-order chi connectivity index (χ0) is 20.1. The van der Waals surface area contributed by atoms with E-state index in [0.717, 1.165) is 30.9 Å². The maximum atomic E-state index is 13.1. The molecule has 8 heteroatoms. The van der Waals surface area contributed by atoms with Crippen molar-refractivity contribution in [3.8, 4) is 0 Å². The molecule has 1 aliphatic carbocycles. The number of nitrogens with one attached hydrogen (secondary N) is 1. The molecule has 5 nitrogen and oxygen atoms in total. The van der Waals surface area contributed by atoms with Crippen molar-refractivity contribution in [1.82, 2.24) is 19.7 Å². The van der Waals surface area contributed by atoms with Crippen LogP contribution in [-0.2, 0) is 18.1 Å². The van der Waals surface area contributed by atoms with Crippen molar-refractivity contribution in [1.29, 1.82) is 0 Å². The molecular weight excluding hydrogens is 369 g/mol. The van der Waals surface area contributed by atoms with E-state index in [1.165, 1.54) is 23.2 Å². The first-order valence-corrected chi connectivity index (χ1v) is 9.02. The molecule has 2 aromatic heterocycles. The Morgan fingerprint density at radius 1 is 1.29 bits per heavy atom. The Hall–Kier alpha value is -2.90. The Morgan fingerprint density at radius 3 is 2.79 bits per heavy atom. The molecule has 1 aliphatic rings. The number of halogens is 3. The average Bonchev–Trinajstić information content (AvgIpc) is 3.06. The predicted molar refractivity (Wildman–Crippen MR) is 96.9 cm³/mol. The number of fused-ring (bicyclic) bond motifs is 2. The van der Waals surface area contributed by atoms with Gasteiger partial charge in [0.05, 0.1) is 5.54 Å². The molecule has 0 saturated carbocycles. The number of nitrogens with zero attached hydrogens (tertiary/aromatic N) is 3. The number of carbonyl (C=O) groups is 1. The van der Waals surface area contributed by atoms with E-state index in [2.05, 4.69) is 15.3 Å². The number of hydrogen-bond donors (Lipinski definition) is 1. The Morgan fingerprint density at radius 2 is 2.04 bits per heavy atom. The molecule has 0 saturated heterocycles. The Bertz CT molecular complexity index is 1070. The maximum absolute atomic E-state index is 13.1. The van der Waals surface area contributed by atoms with E-state index in [-0.39, 0.29) is 11.3 Å². The summed E-state index contributed by atoms with van der Waals surface area (Å²) in [6.45, 7) is 3.45. The first-order chi connectivity index (χ1) is 13.2. The number of benzene rings is 1. The van der Waals surface area contributed by atoms with Crippen LogP contribution in [0.4, 0.5) is 13.2 Å². The molecule has 4 rings (SSSR count). The van der Waals surface area contributed by atoms with Crippen LogP contribution < -0.4 is 5.32 Å². The number of carbonyl (C=O) groups excluding carboxylic acids is 1. The minimum atomic E-state index is -4.60. The third kappa shape index (κ3) is 3.02. The summed E-state index contributed by atoms with van der Waals surface area (Å²) < 4.78 is 40.8. The van der Waals surface area contributed by atoms with Crippen LogP contribution in [0.3, 0.4) is 0 Å². The largest absolute Gasteiger partial charge is 0.433 e. The van der Waals surface area contributed by atoms with Crippen molar-refractivity contribution in [2.24, 2.45) is 0 Å². The van der Waals surface area contributed by atoms with Crippen molar-refractivity contribution in [3.63, 3.8) is 0 Å². The predicted octanol–water partition coefficient (Wildman–Crippen LogP) is 4.04. The second kappa shape index (κ2) is 6.32. The molecule has 28 heavy (non-hydrogen) atoms. The number of rotatable bonds is 2. The summed E-state index contributed by atoms with van der Waals surface area (Å²) in [7, 11) is 0. The van der Waals surface area contributed by atoms with E-state index in [0.29, 0.717) is 5.69 Å². The minimum Gasteiger partial charge on any atom is -0.341 e. The van der Waals surface area contributed by atoms with Gasteiger partial charge in [-0.1, -0.05) is 24.3 Å². The van der Waals surface area contributed by atoms with Crippen molar-refractivity contribution in [3.05, 3.63) is 64.9 Å². The molecule has 0 fully saturated rings. The lowest BCUT2D eigenvalue weighted by molar-refractivity contribution is -0.141. The van der Waals surface area contributed by atoms with Gasteiger partial charge < -0.3 is 5.32 Å². The van der Waals surface area contributed by atoms with Crippen molar-refractivity contribution >= 4 is 11.6 Å². The molecule has 0 spiro atoms.